The molecule has 3 rings (SSSR count). The number of benzene rings is 2. The van der Waals surface area contributed by atoms with E-state index in [1.807, 2.05) is 25.1 Å². The van der Waals surface area contributed by atoms with Crippen molar-refractivity contribution in [2.45, 2.75) is 65.3 Å². The van der Waals surface area contributed by atoms with Gasteiger partial charge in [-0.3, -0.25) is 14.4 Å². The van der Waals surface area contributed by atoms with Gasteiger partial charge in [-0.05, 0) is 69.5 Å². The summed E-state index contributed by atoms with van der Waals surface area (Å²) >= 11 is 0. The van der Waals surface area contributed by atoms with Crippen LogP contribution in [0.15, 0.2) is 42.5 Å². The van der Waals surface area contributed by atoms with Gasteiger partial charge in [0.05, 0.1) is 13.5 Å². The smallest absolute Gasteiger partial charge is 0.246 e. The van der Waals surface area contributed by atoms with Crippen LogP contribution < -0.4 is 15.4 Å². The van der Waals surface area contributed by atoms with E-state index >= 15 is 0 Å². The third-order valence-corrected chi connectivity index (χ3v) is 6.37. The summed E-state index contributed by atoms with van der Waals surface area (Å²) in [6.07, 6.45) is 3.25. The standard InChI is InChI=1S/C29H35N3O5/c1-18(33)9-6-5-7-12-27(29(36)31-22-11-8-10-21(15-22)20(3)34)32-28(35)17-24-19(2)30-26-14-13-23(37-4)16-25(24)26/h8,10-11,13-16,27,30H,5-7,9,12,17H2,1-4H3,(H,31,36)(H,32,35)/t27-/m0/s1. The van der Waals surface area contributed by atoms with E-state index in [0.29, 0.717) is 36.3 Å². The van der Waals surface area contributed by atoms with Crippen LogP contribution in [-0.4, -0.2) is 41.5 Å². The average molecular weight is 506 g/mol. The zero-order chi connectivity index (χ0) is 26.9. The van der Waals surface area contributed by atoms with Crippen LogP contribution in [0, 0.1) is 6.92 Å². The van der Waals surface area contributed by atoms with E-state index < -0.39 is 6.04 Å². The van der Waals surface area contributed by atoms with Crippen molar-refractivity contribution in [2.75, 3.05) is 12.4 Å². The van der Waals surface area contributed by atoms with Crippen LogP contribution in [0.3, 0.4) is 0 Å². The van der Waals surface area contributed by atoms with Crippen molar-refractivity contribution in [3.63, 3.8) is 0 Å². The molecule has 196 valence electrons. The molecule has 1 heterocycles. The number of amides is 2. The van der Waals surface area contributed by atoms with E-state index in [9.17, 15) is 19.2 Å². The van der Waals surface area contributed by atoms with Crippen LogP contribution in [0.2, 0.25) is 0 Å². The van der Waals surface area contributed by atoms with Crippen molar-refractivity contribution in [2.24, 2.45) is 0 Å². The van der Waals surface area contributed by atoms with Gasteiger partial charge in [-0.2, -0.15) is 0 Å². The molecule has 0 aliphatic heterocycles. The van der Waals surface area contributed by atoms with Crippen molar-refractivity contribution < 1.29 is 23.9 Å². The molecule has 0 saturated carbocycles. The number of carbonyl (C=O) groups excluding carboxylic acids is 4. The molecule has 3 aromatic rings. The molecule has 0 unspecified atom stereocenters. The molecular formula is C29H35N3O5. The molecule has 3 N–H and O–H groups in total. The quantitative estimate of drug-likeness (QED) is 0.226. The molecule has 0 saturated heterocycles. The van der Waals surface area contributed by atoms with Gasteiger partial charge in [-0.1, -0.05) is 25.0 Å². The van der Waals surface area contributed by atoms with E-state index in [4.69, 9.17) is 4.74 Å². The normalized spacial score (nSPS) is 11.7. The Hall–Kier alpha value is -3.94. The Bertz CT molecular complexity index is 1290. The summed E-state index contributed by atoms with van der Waals surface area (Å²) in [5, 5.41) is 6.64. The van der Waals surface area contributed by atoms with Gasteiger partial charge in [-0.25, -0.2) is 0 Å². The van der Waals surface area contributed by atoms with Gasteiger partial charge in [-0.15, -0.1) is 0 Å². The second-order valence-electron chi connectivity index (χ2n) is 9.36. The highest BCUT2D eigenvalue weighted by Crippen LogP contribution is 2.27. The zero-order valence-corrected chi connectivity index (χ0v) is 21.9. The lowest BCUT2D eigenvalue weighted by Gasteiger charge is -2.19. The largest absolute Gasteiger partial charge is 0.497 e. The van der Waals surface area contributed by atoms with E-state index in [1.165, 1.54) is 6.92 Å². The Morgan fingerprint density at radius 1 is 1.00 bits per heavy atom. The zero-order valence-electron chi connectivity index (χ0n) is 21.9. The highest BCUT2D eigenvalue weighted by Gasteiger charge is 2.22. The monoisotopic (exact) mass is 505 g/mol. The summed E-state index contributed by atoms with van der Waals surface area (Å²) in [5.74, 6) is 0.116. The van der Waals surface area contributed by atoms with Crippen LogP contribution >= 0.6 is 0 Å². The Morgan fingerprint density at radius 2 is 1.78 bits per heavy atom. The van der Waals surface area contributed by atoms with Crippen molar-refractivity contribution >= 4 is 40.0 Å². The van der Waals surface area contributed by atoms with Crippen LogP contribution in [0.4, 0.5) is 5.69 Å². The number of H-pyrrole nitrogens is 1. The first kappa shape index (κ1) is 27.6. The lowest BCUT2D eigenvalue weighted by Crippen LogP contribution is -2.44. The molecule has 1 aromatic heterocycles. The van der Waals surface area contributed by atoms with E-state index in [-0.39, 0.29) is 29.8 Å². The number of hydrogen-bond acceptors (Lipinski definition) is 5. The first-order valence-electron chi connectivity index (χ1n) is 12.5. The minimum atomic E-state index is -0.758. The van der Waals surface area contributed by atoms with Crippen LogP contribution in [0.1, 0.15) is 67.6 Å². The summed E-state index contributed by atoms with van der Waals surface area (Å²) in [5.41, 5.74) is 3.62. The number of Topliss-reactive ketones (excluding diaryl/α,β-unsaturated/α-hetero) is 2. The molecule has 2 aromatic carbocycles. The van der Waals surface area contributed by atoms with Gasteiger partial charge in [0.1, 0.15) is 17.6 Å². The number of fused-ring (bicyclic) bond motifs is 1. The maximum absolute atomic E-state index is 13.2. The lowest BCUT2D eigenvalue weighted by atomic mass is 10.0. The third kappa shape index (κ3) is 7.77. The summed E-state index contributed by atoms with van der Waals surface area (Å²) < 4.78 is 5.34. The van der Waals surface area contributed by atoms with Gasteiger partial charge in [0, 0.05) is 34.3 Å². The van der Waals surface area contributed by atoms with Crippen molar-refractivity contribution in [1.82, 2.24) is 10.3 Å². The molecule has 37 heavy (non-hydrogen) atoms. The van der Waals surface area contributed by atoms with Crippen LogP contribution in [0.25, 0.3) is 10.9 Å². The fourth-order valence-corrected chi connectivity index (χ4v) is 4.34. The number of rotatable bonds is 13. The number of ketones is 2. The number of ether oxygens (including phenoxy) is 1. The number of anilines is 1. The fourth-order valence-electron chi connectivity index (χ4n) is 4.34. The summed E-state index contributed by atoms with van der Waals surface area (Å²) in [6, 6.07) is 11.6. The molecule has 0 aliphatic rings. The molecule has 0 radical (unpaired) electrons. The highest BCUT2D eigenvalue weighted by atomic mass is 16.5. The second-order valence-corrected chi connectivity index (χ2v) is 9.36. The fraction of sp³-hybridized carbons (Fsp3) is 0.379. The number of hydrogen-bond donors (Lipinski definition) is 3. The maximum atomic E-state index is 13.2. The van der Waals surface area contributed by atoms with Crippen LogP contribution in [-0.2, 0) is 20.8 Å². The van der Waals surface area contributed by atoms with Crippen molar-refractivity contribution in [3.05, 3.63) is 59.3 Å². The number of nitrogens with one attached hydrogen (secondary N) is 3. The number of aryl methyl sites for hydroxylation is 1. The number of aromatic nitrogens is 1. The molecular weight excluding hydrogens is 470 g/mol. The lowest BCUT2D eigenvalue weighted by molar-refractivity contribution is -0.126. The van der Waals surface area contributed by atoms with Gasteiger partial charge < -0.3 is 25.1 Å². The SMILES string of the molecule is COc1ccc2[nH]c(C)c(CC(=O)N[C@@H](CCCCCC(C)=O)C(=O)Nc3cccc(C(C)=O)c3)c2c1. The Balaban J connectivity index is 1.73. The first-order valence-corrected chi connectivity index (χ1v) is 12.5. The Labute approximate surface area is 217 Å². The van der Waals surface area contributed by atoms with E-state index in [0.717, 1.165) is 35.0 Å². The maximum Gasteiger partial charge on any atom is 0.246 e. The molecule has 8 heteroatoms. The minimum absolute atomic E-state index is 0.0999. The number of unbranched alkanes of at least 4 members (excludes halogenated alkanes) is 2. The number of methoxy groups -OCH3 is 1. The highest BCUT2D eigenvalue weighted by molar-refractivity contribution is 6.00. The van der Waals surface area contributed by atoms with E-state index in [2.05, 4.69) is 15.6 Å². The topological polar surface area (TPSA) is 117 Å². The summed E-state index contributed by atoms with van der Waals surface area (Å²) in [7, 11) is 1.60. The Kier molecular flexibility index (Phi) is 9.60. The van der Waals surface area contributed by atoms with Gasteiger partial charge in [0.25, 0.3) is 0 Å². The summed E-state index contributed by atoms with van der Waals surface area (Å²) in [4.78, 5) is 52.5. The molecule has 0 fully saturated rings. The van der Waals surface area contributed by atoms with Gasteiger partial charge >= 0.3 is 0 Å². The predicted octanol–water partition coefficient (Wildman–Crippen LogP) is 4.89. The first-order chi connectivity index (χ1) is 17.7. The Morgan fingerprint density at radius 3 is 2.49 bits per heavy atom. The molecule has 8 nitrogen and oxygen atoms in total. The van der Waals surface area contributed by atoms with Crippen molar-refractivity contribution in [3.8, 4) is 5.75 Å². The number of aromatic amines is 1. The molecule has 1 atom stereocenters. The van der Waals surface area contributed by atoms with Crippen LogP contribution in [0.5, 0.6) is 5.75 Å². The van der Waals surface area contributed by atoms with Gasteiger partial charge in [0.15, 0.2) is 5.78 Å². The van der Waals surface area contributed by atoms with Gasteiger partial charge in [0.2, 0.25) is 11.8 Å². The molecule has 2 amide bonds. The predicted molar refractivity (Wildman–Crippen MR) is 144 cm³/mol. The summed E-state index contributed by atoms with van der Waals surface area (Å²) in [6.45, 7) is 4.94. The minimum Gasteiger partial charge on any atom is -0.497 e. The molecule has 0 bridgehead atoms. The second kappa shape index (κ2) is 12.9. The molecule has 0 aliphatic carbocycles. The van der Waals surface area contributed by atoms with Crippen molar-refractivity contribution in [1.29, 1.82) is 0 Å². The third-order valence-electron chi connectivity index (χ3n) is 6.37. The van der Waals surface area contributed by atoms with E-state index in [1.54, 1.807) is 38.3 Å². The average Bonchev–Trinajstić information content (AvgIpc) is 3.16. The number of carbonyl (C=O) groups is 4. The molecule has 0 spiro atoms.